The number of fused-ring (bicyclic) bond motifs is 1. The van der Waals surface area contributed by atoms with Crippen LogP contribution in [0.2, 0.25) is 0 Å². The number of rotatable bonds is 4. The molecular weight excluding hydrogens is 216 g/mol. The molecule has 0 spiro atoms. The fraction of sp³-hybridized carbons (Fsp3) is 0.538. The summed E-state index contributed by atoms with van der Waals surface area (Å²) in [7, 11) is 0. The van der Waals surface area contributed by atoms with Crippen molar-refractivity contribution in [3.05, 3.63) is 29.3 Å². The van der Waals surface area contributed by atoms with Gasteiger partial charge < -0.3 is 5.73 Å². The van der Waals surface area contributed by atoms with E-state index in [1.165, 1.54) is 23.3 Å². The van der Waals surface area contributed by atoms with E-state index >= 15 is 0 Å². The van der Waals surface area contributed by atoms with Gasteiger partial charge in [0, 0.05) is 24.8 Å². The van der Waals surface area contributed by atoms with Gasteiger partial charge >= 0.3 is 0 Å². The lowest BCUT2D eigenvalue weighted by Crippen LogP contribution is -2.28. The highest BCUT2D eigenvalue weighted by Crippen LogP contribution is 2.27. The summed E-state index contributed by atoms with van der Waals surface area (Å²) in [6.07, 6.45) is 3.44. The first-order chi connectivity index (χ1) is 7.70. The van der Waals surface area contributed by atoms with E-state index < -0.39 is 0 Å². The van der Waals surface area contributed by atoms with Crippen LogP contribution >= 0.6 is 11.8 Å². The summed E-state index contributed by atoms with van der Waals surface area (Å²) in [6, 6.07) is 6.97. The monoisotopic (exact) mass is 236 g/mol. The van der Waals surface area contributed by atoms with Gasteiger partial charge in [0.2, 0.25) is 0 Å². The third-order valence-corrected chi connectivity index (χ3v) is 3.98. The molecular formula is C13H20N2S. The average molecular weight is 236 g/mol. The molecule has 0 bridgehead atoms. The van der Waals surface area contributed by atoms with Crippen molar-refractivity contribution in [2.75, 3.05) is 17.7 Å². The van der Waals surface area contributed by atoms with Crippen LogP contribution in [-0.2, 0) is 13.1 Å². The van der Waals surface area contributed by atoms with Gasteiger partial charge in [-0.15, -0.1) is 0 Å². The molecule has 1 aliphatic rings. The molecule has 1 aliphatic heterocycles. The van der Waals surface area contributed by atoms with Crippen molar-refractivity contribution in [1.29, 1.82) is 0 Å². The number of hydrogen-bond donors (Lipinski definition) is 1. The molecule has 0 aliphatic carbocycles. The van der Waals surface area contributed by atoms with Gasteiger partial charge in [-0.1, -0.05) is 6.07 Å². The summed E-state index contributed by atoms with van der Waals surface area (Å²) in [6.45, 7) is 4.48. The van der Waals surface area contributed by atoms with Crippen LogP contribution in [0, 0.1) is 0 Å². The summed E-state index contributed by atoms with van der Waals surface area (Å²) >= 11 is 1.93. The number of anilines is 1. The van der Waals surface area contributed by atoms with Gasteiger partial charge in [0.15, 0.2) is 0 Å². The molecule has 0 amide bonds. The molecule has 88 valence electrons. The van der Waals surface area contributed by atoms with Crippen LogP contribution in [0.5, 0.6) is 0 Å². The maximum Gasteiger partial charge on any atom is 0.0317 e. The molecule has 0 radical (unpaired) electrons. The number of hydrogen-bond acceptors (Lipinski definition) is 3. The molecule has 0 aromatic heterocycles. The van der Waals surface area contributed by atoms with Crippen molar-refractivity contribution in [3.63, 3.8) is 0 Å². The molecule has 1 aromatic rings. The van der Waals surface area contributed by atoms with Crippen LogP contribution in [0.1, 0.15) is 24.5 Å². The van der Waals surface area contributed by atoms with Gasteiger partial charge in [-0.05, 0) is 48.6 Å². The first-order valence-electron chi connectivity index (χ1n) is 5.81. The third kappa shape index (κ3) is 2.53. The summed E-state index contributed by atoms with van der Waals surface area (Å²) in [5.74, 6) is 1.25. The quantitative estimate of drug-likeness (QED) is 0.815. The molecule has 1 atom stereocenters. The van der Waals surface area contributed by atoms with Crippen molar-refractivity contribution in [2.45, 2.75) is 32.5 Å². The van der Waals surface area contributed by atoms with Crippen molar-refractivity contribution in [2.24, 2.45) is 0 Å². The van der Waals surface area contributed by atoms with Gasteiger partial charge in [0.25, 0.3) is 0 Å². The second kappa shape index (κ2) is 5.11. The van der Waals surface area contributed by atoms with Crippen molar-refractivity contribution in [1.82, 2.24) is 4.90 Å². The second-order valence-electron chi connectivity index (χ2n) is 4.56. The average Bonchev–Trinajstić information content (AvgIpc) is 2.68. The normalized spacial score (nSPS) is 17.4. The van der Waals surface area contributed by atoms with Gasteiger partial charge in [-0.2, -0.15) is 11.8 Å². The SMILES string of the molecule is CSCCC(C)N1Cc2ccc(N)cc2C1. The summed E-state index contributed by atoms with van der Waals surface area (Å²) < 4.78 is 0. The molecule has 0 saturated heterocycles. The van der Waals surface area contributed by atoms with Crippen molar-refractivity contribution in [3.8, 4) is 0 Å². The zero-order chi connectivity index (χ0) is 11.5. The second-order valence-corrected chi connectivity index (χ2v) is 5.55. The van der Waals surface area contributed by atoms with Gasteiger partial charge in [-0.3, -0.25) is 4.90 Å². The summed E-state index contributed by atoms with van der Waals surface area (Å²) in [5, 5.41) is 0. The van der Waals surface area contributed by atoms with Crippen molar-refractivity contribution >= 4 is 17.4 Å². The van der Waals surface area contributed by atoms with E-state index in [1.54, 1.807) is 0 Å². The van der Waals surface area contributed by atoms with E-state index in [9.17, 15) is 0 Å². The first-order valence-corrected chi connectivity index (χ1v) is 7.20. The Morgan fingerprint density at radius 1 is 1.38 bits per heavy atom. The molecule has 1 unspecified atom stereocenters. The number of nitrogen functional groups attached to an aromatic ring is 1. The Morgan fingerprint density at radius 3 is 2.88 bits per heavy atom. The van der Waals surface area contributed by atoms with Gasteiger partial charge in [-0.25, -0.2) is 0 Å². The minimum absolute atomic E-state index is 0.668. The lowest BCUT2D eigenvalue weighted by Gasteiger charge is -2.23. The minimum Gasteiger partial charge on any atom is -0.399 e. The Labute approximate surface area is 102 Å². The first kappa shape index (κ1) is 11.8. The largest absolute Gasteiger partial charge is 0.399 e. The zero-order valence-electron chi connectivity index (χ0n) is 10.1. The van der Waals surface area contributed by atoms with Crippen molar-refractivity contribution < 1.29 is 0 Å². The predicted molar refractivity (Wildman–Crippen MR) is 72.6 cm³/mol. The topological polar surface area (TPSA) is 29.3 Å². The number of nitrogens with two attached hydrogens (primary N) is 1. The molecule has 2 rings (SSSR count). The molecule has 1 heterocycles. The predicted octanol–water partition coefficient (Wildman–Crippen LogP) is 2.73. The Hall–Kier alpha value is -0.670. The van der Waals surface area contributed by atoms with Gasteiger partial charge in [0.05, 0.1) is 0 Å². The molecule has 0 saturated carbocycles. The summed E-state index contributed by atoms with van der Waals surface area (Å²) in [4.78, 5) is 2.54. The Balaban J connectivity index is 1.99. The standard InChI is InChI=1S/C13H20N2S/c1-10(5-6-16-2)15-8-11-3-4-13(14)7-12(11)9-15/h3-4,7,10H,5-6,8-9,14H2,1-2H3. The minimum atomic E-state index is 0.668. The fourth-order valence-corrected chi connectivity index (χ4v) is 2.80. The van der Waals surface area contributed by atoms with E-state index in [2.05, 4.69) is 30.2 Å². The van der Waals surface area contributed by atoms with E-state index in [-0.39, 0.29) is 0 Å². The number of benzene rings is 1. The fourth-order valence-electron chi connectivity index (χ4n) is 2.22. The Kier molecular flexibility index (Phi) is 3.77. The maximum absolute atomic E-state index is 5.81. The van der Waals surface area contributed by atoms with Crippen LogP contribution in [0.3, 0.4) is 0 Å². The van der Waals surface area contributed by atoms with E-state index in [1.807, 2.05) is 17.8 Å². The molecule has 16 heavy (non-hydrogen) atoms. The van der Waals surface area contributed by atoms with E-state index in [0.717, 1.165) is 18.8 Å². The highest BCUT2D eigenvalue weighted by Gasteiger charge is 2.22. The highest BCUT2D eigenvalue weighted by atomic mass is 32.2. The van der Waals surface area contributed by atoms with Crippen LogP contribution in [0.25, 0.3) is 0 Å². The molecule has 0 fully saturated rings. The Morgan fingerprint density at radius 2 is 2.12 bits per heavy atom. The third-order valence-electron chi connectivity index (χ3n) is 3.34. The molecule has 3 heteroatoms. The molecule has 2 nitrogen and oxygen atoms in total. The molecule has 1 aromatic carbocycles. The number of nitrogens with zero attached hydrogens (tertiary/aromatic N) is 1. The molecule has 2 N–H and O–H groups in total. The van der Waals surface area contributed by atoms with Crippen LogP contribution in [0.15, 0.2) is 18.2 Å². The number of thioether (sulfide) groups is 1. The van der Waals surface area contributed by atoms with E-state index in [4.69, 9.17) is 5.73 Å². The lowest BCUT2D eigenvalue weighted by molar-refractivity contribution is 0.209. The van der Waals surface area contributed by atoms with Gasteiger partial charge in [0.1, 0.15) is 0 Å². The smallest absolute Gasteiger partial charge is 0.0317 e. The van der Waals surface area contributed by atoms with Crippen LogP contribution in [0.4, 0.5) is 5.69 Å². The Bertz CT molecular complexity index is 365. The maximum atomic E-state index is 5.81. The highest BCUT2D eigenvalue weighted by molar-refractivity contribution is 7.98. The lowest BCUT2D eigenvalue weighted by atomic mass is 10.1. The van der Waals surface area contributed by atoms with Crippen LogP contribution < -0.4 is 5.73 Å². The zero-order valence-corrected chi connectivity index (χ0v) is 10.9. The van der Waals surface area contributed by atoms with E-state index in [0.29, 0.717) is 6.04 Å². The summed E-state index contributed by atoms with van der Waals surface area (Å²) in [5.41, 5.74) is 9.56. The van der Waals surface area contributed by atoms with Crippen LogP contribution in [-0.4, -0.2) is 23.0 Å².